The molecule has 0 aliphatic rings. The second-order valence-electron chi connectivity index (χ2n) is 3.61. The van der Waals surface area contributed by atoms with Crippen LogP contribution in [-0.4, -0.2) is 18.9 Å². The zero-order valence-electron chi connectivity index (χ0n) is 9.78. The van der Waals surface area contributed by atoms with Crippen molar-refractivity contribution < 1.29 is 18.7 Å². The van der Waals surface area contributed by atoms with Gasteiger partial charge >= 0.3 is 5.97 Å². The van der Waals surface area contributed by atoms with Crippen molar-refractivity contribution in [2.45, 2.75) is 0 Å². The van der Waals surface area contributed by atoms with Gasteiger partial charge in [0, 0.05) is 13.6 Å². The number of halogens is 2. The van der Waals surface area contributed by atoms with Crippen LogP contribution in [-0.2, 0) is 4.74 Å². The number of hydrogen-bond donors (Lipinski definition) is 0. The Kier molecular flexibility index (Phi) is 4.41. The maximum absolute atomic E-state index is 12.3. The first-order chi connectivity index (χ1) is 9.02. The summed E-state index contributed by atoms with van der Waals surface area (Å²) in [6, 6.07) is 8.27. The molecule has 0 aliphatic carbocycles. The molecule has 0 radical (unpaired) electrons. The summed E-state index contributed by atoms with van der Waals surface area (Å²) in [4.78, 5) is 23.5. The largest absolute Gasteiger partial charge is 0.463 e. The molecule has 6 heteroatoms. The lowest BCUT2D eigenvalue weighted by atomic mass is 10.1. The molecule has 0 saturated carbocycles. The minimum absolute atomic E-state index is 0.0101. The number of ether oxygens (including phenoxy) is 1. The molecule has 0 aliphatic heterocycles. The van der Waals surface area contributed by atoms with Gasteiger partial charge in [-0.25, -0.2) is 4.79 Å². The first-order valence-corrected chi connectivity index (χ1v) is 7.08. The molecule has 1 aromatic heterocycles. The van der Waals surface area contributed by atoms with Crippen LogP contribution in [0.5, 0.6) is 0 Å². The van der Waals surface area contributed by atoms with E-state index in [0.29, 0.717) is 5.56 Å². The van der Waals surface area contributed by atoms with E-state index in [0.717, 1.165) is 8.04 Å². The molecule has 0 fully saturated rings. The highest BCUT2D eigenvalue weighted by atomic mass is 127. The predicted molar refractivity (Wildman–Crippen MR) is 80.3 cm³/mol. The van der Waals surface area contributed by atoms with Crippen LogP contribution in [0, 0.1) is 3.57 Å². The summed E-state index contributed by atoms with van der Waals surface area (Å²) < 4.78 is 11.3. The van der Waals surface area contributed by atoms with Crippen molar-refractivity contribution in [2.24, 2.45) is 0 Å². The van der Waals surface area contributed by atoms with E-state index in [1.807, 2.05) is 12.1 Å². The summed E-state index contributed by atoms with van der Waals surface area (Å²) in [5.41, 5.74) is 0.515. The van der Waals surface area contributed by atoms with Crippen LogP contribution in [0.1, 0.15) is 26.7 Å². The van der Waals surface area contributed by atoms with Crippen LogP contribution in [0.4, 0.5) is 0 Å². The van der Waals surface area contributed by atoms with Crippen LogP contribution >= 0.6 is 38.5 Å². The van der Waals surface area contributed by atoms with Gasteiger partial charge in [-0.3, -0.25) is 4.79 Å². The number of carbonyl (C=O) groups excluding carboxylic acids is 2. The molecular formula is C13H8BrIO4. The normalized spacial score (nSPS) is 10.3. The molecule has 0 amide bonds. The van der Waals surface area contributed by atoms with E-state index in [9.17, 15) is 9.59 Å². The Hall–Kier alpha value is -1.15. The van der Waals surface area contributed by atoms with Crippen molar-refractivity contribution in [1.29, 1.82) is 0 Å². The van der Waals surface area contributed by atoms with Crippen molar-refractivity contribution in [3.63, 3.8) is 0 Å². The zero-order valence-corrected chi connectivity index (χ0v) is 13.5. The lowest BCUT2D eigenvalue weighted by Crippen LogP contribution is -2.03. The Morgan fingerprint density at radius 2 is 1.89 bits per heavy atom. The Labute approximate surface area is 131 Å². The standard InChI is InChI=1S/C13H8BrIO4/c1-18-13(17)11-5-4-10(19-11)12(16)8-6-7(14)2-3-9(8)15/h2-6H,1H3. The smallest absolute Gasteiger partial charge is 0.373 e. The fourth-order valence-electron chi connectivity index (χ4n) is 1.47. The third-order valence-electron chi connectivity index (χ3n) is 2.39. The van der Waals surface area contributed by atoms with E-state index in [-0.39, 0.29) is 17.3 Å². The molecule has 98 valence electrons. The molecule has 2 aromatic rings. The third-order valence-corrected chi connectivity index (χ3v) is 3.82. The first kappa shape index (κ1) is 14.3. The van der Waals surface area contributed by atoms with Crippen LogP contribution < -0.4 is 0 Å². The van der Waals surface area contributed by atoms with Gasteiger partial charge in [0.15, 0.2) is 5.76 Å². The van der Waals surface area contributed by atoms with Gasteiger partial charge in [-0.2, -0.15) is 0 Å². The molecule has 0 N–H and O–H groups in total. The van der Waals surface area contributed by atoms with Crippen LogP contribution in [0.2, 0.25) is 0 Å². The molecule has 1 aromatic carbocycles. The van der Waals surface area contributed by atoms with Crippen molar-refractivity contribution in [3.05, 3.63) is 55.5 Å². The number of carbonyl (C=O) groups is 2. The number of ketones is 1. The van der Waals surface area contributed by atoms with Crippen LogP contribution in [0.15, 0.2) is 39.2 Å². The fraction of sp³-hybridized carbons (Fsp3) is 0.0769. The molecule has 0 bridgehead atoms. The van der Waals surface area contributed by atoms with E-state index < -0.39 is 5.97 Å². The molecule has 2 rings (SSSR count). The predicted octanol–water partition coefficient (Wildman–Crippen LogP) is 3.66. The molecule has 4 nitrogen and oxygen atoms in total. The summed E-state index contributed by atoms with van der Waals surface area (Å²) in [6.07, 6.45) is 0. The molecule has 0 saturated heterocycles. The lowest BCUT2D eigenvalue weighted by molar-refractivity contribution is 0.0563. The lowest BCUT2D eigenvalue weighted by Gasteiger charge is -2.02. The molecule has 1 heterocycles. The second kappa shape index (κ2) is 5.87. The average Bonchev–Trinajstić information content (AvgIpc) is 2.89. The summed E-state index contributed by atoms with van der Waals surface area (Å²) >= 11 is 5.39. The van der Waals surface area contributed by atoms with Gasteiger partial charge in [0.2, 0.25) is 11.5 Å². The highest BCUT2D eigenvalue weighted by Gasteiger charge is 2.19. The number of benzene rings is 1. The molecule has 0 atom stereocenters. The monoisotopic (exact) mass is 434 g/mol. The number of furan rings is 1. The van der Waals surface area contributed by atoms with E-state index in [1.165, 1.54) is 19.2 Å². The Balaban J connectivity index is 2.36. The molecule has 0 unspecified atom stereocenters. The van der Waals surface area contributed by atoms with Crippen molar-refractivity contribution >= 4 is 50.3 Å². The quantitative estimate of drug-likeness (QED) is 0.420. The molecule has 0 spiro atoms. The summed E-state index contributed by atoms with van der Waals surface area (Å²) in [6.45, 7) is 0. The maximum Gasteiger partial charge on any atom is 0.373 e. The second-order valence-corrected chi connectivity index (χ2v) is 5.69. The highest BCUT2D eigenvalue weighted by Crippen LogP contribution is 2.22. The van der Waals surface area contributed by atoms with Gasteiger partial charge < -0.3 is 9.15 Å². The van der Waals surface area contributed by atoms with E-state index in [1.54, 1.807) is 6.07 Å². The third kappa shape index (κ3) is 3.06. The van der Waals surface area contributed by atoms with Gasteiger partial charge in [-0.1, -0.05) is 15.9 Å². The number of rotatable bonds is 3. The van der Waals surface area contributed by atoms with E-state index >= 15 is 0 Å². The summed E-state index contributed by atoms with van der Waals surface area (Å²) in [5.74, 6) is -0.767. The Bertz CT molecular complexity index is 648. The van der Waals surface area contributed by atoms with Crippen molar-refractivity contribution in [2.75, 3.05) is 7.11 Å². The summed E-state index contributed by atoms with van der Waals surface area (Å²) in [5, 5.41) is 0. The highest BCUT2D eigenvalue weighted by molar-refractivity contribution is 14.1. The van der Waals surface area contributed by atoms with E-state index in [2.05, 4.69) is 43.3 Å². The minimum atomic E-state index is -0.608. The fourth-order valence-corrected chi connectivity index (χ4v) is 2.42. The Morgan fingerprint density at radius 1 is 1.21 bits per heavy atom. The van der Waals surface area contributed by atoms with Gasteiger partial charge in [0.1, 0.15) is 0 Å². The van der Waals surface area contributed by atoms with Crippen molar-refractivity contribution in [1.82, 2.24) is 0 Å². The average molecular weight is 435 g/mol. The minimum Gasteiger partial charge on any atom is -0.463 e. The van der Waals surface area contributed by atoms with Crippen LogP contribution in [0.25, 0.3) is 0 Å². The van der Waals surface area contributed by atoms with Gasteiger partial charge in [0.05, 0.1) is 7.11 Å². The van der Waals surface area contributed by atoms with Gasteiger partial charge in [-0.15, -0.1) is 0 Å². The van der Waals surface area contributed by atoms with Gasteiger partial charge in [-0.05, 0) is 52.9 Å². The molecule has 19 heavy (non-hydrogen) atoms. The zero-order chi connectivity index (χ0) is 14.0. The SMILES string of the molecule is COC(=O)c1ccc(C(=O)c2cc(Br)ccc2I)o1. The topological polar surface area (TPSA) is 56.5 Å². The summed E-state index contributed by atoms with van der Waals surface area (Å²) in [7, 11) is 1.25. The molecular weight excluding hydrogens is 427 g/mol. The van der Waals surface area contributed by atoms with Crippen LogP contribution in [0.3, 0.4) is 0 Å². The van der Waals surface area contributed by atoms with Crippen molar-refractivity contribution in [3.8, 4) is 0 Å². The maximum atomic E-state index is 12.3. The van der Waals surface area contributed by atoms with Gasteiger partial charge in [0.25, 0.3) is 0 Å². The first-order valence-electron chi connectivity index (χ1n) is 5.21. The Morgan fingerprint density at radius 3 is 2.58 bits per heavy atom. The number of esters is 1. The van der Waals surface area contributed by atoms with E-state index in [4.69, 9.17) is 4.42 Å². The number of methoxy groups -OCH3 is 1. The number of hydrogen-bond acceptors (Lipinski definition) is 4.